The van der Waals surface area contributed by atoms with Crippen LogP contribution < -0.4 is 0 Å². The van der Waals surface area contributed by atoms with E-state index >= 15 is 0 Å². The first kappa shape index (κ1) is 9.77. The Bertz CT molecular complexity index is 392. The third-order valence-electron chi connectivity index (χ3n) is 2.26. The molecule has 0 N–H and O–H groups in total. The summed E-state index contributed by atoms with van der Waals surface area (Å²) in [7, 11) is 0. The van der Waals surface area contributed by atoms with Gasteiger partial charge in [-0.25, -0.2) is 0 Å². The van der Waals surface area contributed by atoms with Crippen LogP contribution in [-0.4, -0.2) is 4.57 Å². The van der Waals surface area contributed by atoms with Crippen LogP contribution in [0.4, 0.5) is 0 Å². The van der Waals surface area contributed by atoms with Gasteiger partial charge in [0.15, 0.2) is 0 Å². The average molecular weight is 297 g/mol. The summed E-state index contributed by atoms with van der Waals surface area (Å²) in [5.41, 5.74) is 2.74. The molecule has 1 nitrogen and oxygen atoms in total. The molecule has 14 heavy (non-hydrogen) atoms. The maximum absolute atomic E-state index is 2.40. The number of alkyl halides is 1. The van der Waals surface area contributed by atoms with E-state index in [2.05, 4.69) is 75.8 Å². The zero-order valence-electron chi connectivity index (χ0n) is 7.86. The number of rotatable bonds is 3. The number of hydrogen-bond donors (Lipinski definition) is 0. The Hall–Kier alpha value is -0.770. The van der Waals surface area contributed by atoms with Crippen LogP contribution >= 0.6 is 22.6 Å². The molecule has 0 saturated heterocycles. The third-order valence-corrected chi connectivity index (χ3v) is 3.04. The number of nitrogens with zero attached hydrogens (tertiary/aromatic N) is 1. The van der Waals surface area contributed by atoms with Gasteiger partial charge in [0.05, 0.1) is 0 Å². The Labute approximate surface area is 97.9 Å². The summed E-state index contributed by atoms with van der Waals surface area (Å²) < 4.78 is 3.36. The lowest BCUT2D eigenvalue weighted by Gasteiger charge is -2.06. The predicted octanol–water partition coefficient (Wildman–Crippen LogP) is 3.47. The van der Waals surface area contributed by atoms with Gasteiger partial charge in [-0.2, -0.15) is 0 Å². The second-order valence-corrected chi connectivity index (χ2v) is 4.01. The Morgan fingerprint density at radius 3 is 2.50 bits per heavy atom. The van der Waals surface area contributed by atoms with Crippen LogP contribution in [-0.2, 0) is 11.0 Å². The van der Waals surface area contributed by atoms with Crippen LogP contribution in [0, 0.1) is 0 Å². The smallest absolute Gasteiger partial charge is 0.0473 e. The van der Waals surface area contributed by atoms with Crippen LogP contribution in [0.5, 0.6) is 0 Å². The molecule has 0 radical (unpaired) electrons. The molecule has 0 bridgehead atoms. The van der Waals surface area contributed by atoms with Crippen molar-refractivity contribution in [3.05, 3.63) is 59.9 Å². The van der Waals surface area contributed by atoms with Crippen molar-refractivity contribution in [3.8, 4) is 0 Å². The van der Waals surface area contributed by atoms with Gasteiger partial charge in [0.1, 0.15) is 0 Å². The Morgan fingerprint density at radius 2 is 1.79 bits per heavy atom. The molecule has 2 heteroatoms. The van der Waals surface area contributed by atoms with E-state index in [4.69, 9.17) is 0 Å². The van der Waals surface area contributed by atoms with Crippen LogP contribution in [0.1, 0.15) is 11.3 Å². The summed E-state index contributed by atoms with van der Waals surface area (Å²) in [6.07, 6.45) is 2.14. The van der Waals surface area contributed by atoms with Gasteiger partial charge in [0, 0.05) is 22.9 Å². The summed E-state index contributed by atoms with van der Waals surface area (Å²) in [4.78, 5) is 0. The van der Waals surface area contributed by atoms with Gasteiger partial charge in [-0.1, -0.05) is 52.9 Å². The molecule has 0 fully saturated rings. The van der Waals surface area contributed by atoms with Gasteiger partial charge >= 0.3 is 0 Å². The Balaban J connectivity index is 2.19. The molecule has 0 aliphatic rings. The van der Waals surface area contributed by atoms with Gasteiger partial charge in [-0.3, -0.25) is 0 Å². The Kier molecular flexibility index (Phi) is 3.24. The first-order chi connectivity index (χ1) is 6.90. The molecule has 0 amide bonds. The minimum atomic E-state index is 0.978. The van der Waals surface area contributed by atoms with Crippen molar-refractivity contribution >= 4 is 22.6 Å². The summed E-state index contributed by atoms with van der Waals surface area (Å²) in [6, 6.07) is 14.8. The van der Waals surface area contributed by atoms with Crippen molar-refractivity contribution in [3.63, 3.8) is 0 Å². The van der Waals surface area contributed by atoms with E-state index in [1.54, 1.807) is 0 Å². The van der Waals surface area contributed by atoms with Gasteiger partial charge in [0.2, 0.25) is 0 Å². The second-order valence-electron chi connectivity index (χ2n) is 3.25. The maximum Gasteiger partial charge on any atom is 0.0473 e. The van der Waals surface area contributed by atoms with E-state index in [1.165, 1.54) is 11.3 Å². The molecule has 2 rings (SSSR count). The average Bonchev–Trinajstić information content (AvgIpc) is 2.67. The molecule has 0 spiro atoms. The highest BCUT2D eigenvalue weighted by Crippen LogP contribution is 2.10. The highest BCUT2D eigenvalue weighted by Gasteiger charge is 1.98. The van der Waals surface area contributed by atoms with Gasteiger partial charge in [-0.05, 0) is 17.7 Å². The van der Waals surface area contributed by atoms with Crippen molar-refractivity contribution in [2.24, 2.45) is 0 Å². The largest absolute Gasteiger partial charge is 0.346 e. The zero-order valence-corrected chi connectivity index (χ0v) is 10.0. The first-order valence-electron chi connectivity index (χ1n) is 4.64. The normalized spacial score (nSPS) is 10.4. The molecular weight excluding hydrogens is 285 g/mol. The van der Waals surface area contributed by atoms with Crippen LogP contribution in [0.3, 0.4) is 0 Å². The molecular formula is C12H12IN. The maximum atomic E-state index is 2.40. The lowest BCUT2D eigenvalue weighted by atomic mass is 10.2. The van der Waals surface area contributed by atoms with Crippen LogP contribution in [0.15, 0.2) is 48.7 Å². The van der Waals surface area contributed by atoms with Gasteiger partial charge in [0.25, 0.3) is 0 Å². The van der Waals surface area contributed by atoms with Crippen molar-refractivity contribution in [1.29, 1.82) is 0 Å². The molecule has 1 aromatic carbocycles. The number of halogens is 1. The van der Waals surface area contributed by atoms with E-state index in [-0.39, 0.29) is 0 Å². The lowest BCUT2D eigenvalue weighted by molar-refractivity contribution is 0.775. The monoisotopic (exact) mass is 297 g/mol. The van der Waals surface area contributed by atoms with Crippen LogP contribution in [0.2, 0.25) is 0 Å². The van der Waals surface area contributed by atoms with E-state index in [9.17, 15) is 0 Å². The minimum absolute atomic E-state index is 0.978. The fourth-order valence-electron chi connectivity index (χ4n) is 1.51. The SMILES string of the molecule is ICc1cccn1Cc1ccccc1. The number of aromatic nitrogens is 1. The molecule has 0 unspecified atom stereocenters. The van der Waals surface area contributed by atoms with Gasteiger partial charge in [-0.15, -0.1) is 0 Å². The minimum Gasteiger partial charge on any atom is -0.346 e. The van der Waals surface area contributed by atoms with E-state index in [0.717, 1.165) is 11.0 Å². The van der Waals surface area contributed by atoms with Crippen LogP contribution in [0.25, 0.3) is 0 Å². The summed E-state index contributed by atoms with van der Waals surface area (Å²) in [5.74, 6) is 0. The molecule has 0 atom stereocenters. The Morgan fingerprint density at radius 1 is 1.00 bits per heavy atom. The van der Waals surface area contributed by atoms with Crippen molar-refractivity contribution in [2.45, 2.75) is 11.0 Å². The van der Waals surface area contributed by atoms with Crippen molar-refractivity contribution in [2.75, 3.05) is 0 Å². The second kappa shape index (κ2) is 4.64. The predicted molar refractivity (Wildman–Crippen MR) is 67.7 cm³/mol. The molecule has 1 heterocycles. The molecule has 2 aromatic rings. The molecule has 72 valence electrons. The van der Waals surface area contributed by atoms with Crippen molar-refractivity contribution < 1.29 is 0 Å². The molecule has 0 aliphatic heterocycles. The third kappa shape index (κ3) is 2.18. The quantitative estimate of drug-likeness (QED) is 0.604. The number of hydrogen-bond acceptors (Lipinski definition) is 0. The topological polar surface area (TPSA) is 4.93 Å². The van der Waals surface area contributed by atoms with Crippen molar-refractivity contribution in [1.82, 2.24) is 4.57 Å². The summed E-state index contributed by atoms with van der Waals surface area (Å²) >= 11 is 2.40. The fraction of sp³-hybridized carbons (Fsp3) is 0.167. The highest BCUT2D eigenvalue weighted by molar-refractivity contribution is 14.1. The van der Waals surface area contributed by atoms with E-state index in [0.29, 0.717) is 0 Å². The molecule has 1 aromatic heterocycles. The van der Waals surface area contributed by atoms with E-state index in [1.807, 2.05) is 0 Å². The first-order valence-corrected chi connectivity index (χ1v) is 6.16. The van der Waals surface area contributed by atoms with Gasteiger partial charge < -0.3 is 4.57 Å². The fourth-order valence-corrected chi connectivity index (χ4v) is 2.20. The zero-order chi connectivity index (χ0) is 9.80. The standard InChI is InChI=1S/C12H12IN/c13-9-12-7-4-8-14(12)10-11-5-2-1-3-6-11/h1-8H,9-10H2. The molecule has 0 saturated carbocycles. The molecule has 0 aliphatic carbocycles. The highest BCUT2D eigenvalue weighted by atomic mass is 127. The lowest BCUT2D eigenvalue weighted by Crippen LogP contribution is -2.00. The summed E-state index contributed by atoms with van der Waals surface area (Å²) in [6.45, 7) is 0.978. The van der Waals surface area contributed by atoms with E-state index < -0.39 is 0 Å². The number of benzene rings is 1. The summed E-state index contributed by atoms with van der Waals surface area (Å²) in [5, 5.41) is 0.